The van der Waals surface area contributed by atoms with Gasteiger partial charge in [0, 0.05) is 16.4 Å². The van der Waals surface area contributed by atoms with Gasteiger partial charge in [0.15, 0.2) is 0 Å². The van der Waals surface area contributed by atoms with Crippen LogP contribution in [-0.2, 0) is 13.0 Å². The molecule has 3 aromatic rings. The normalized spacial score (nSPS) is 13.0. The fourth-order valence-electron chi connectivity index (χ4n) is 2.36. The lowest BCUT2D eigenvalue weighted by molar-refractivity contribution is 0.672. The van der Waals surface area contributed by atoms with Gasteiger partial charge in [-0.05, 0) is 59.6 Å². The molecule has 2 nitrogen and oxygen atoms in total. The highest BCUT2D eigenvalue weighted by atomic mass is 79.9. The molecule has 0 amide bonds. The van der Waals surface area contributed by atoms with E-state index in [0.29, 0.717) is 0 Å². The van der Waals surface area contributed by atoms with E-state index in [1.165, 1.54) is 4.88 Å². The third-order valence-electron chi connectivity index (χ3n) is 3.31. The standard InChI is InChI=1S/C15H13BrCl2N2S/c1-9(17)15-19-12-4-2-10(18)8-13(12)20(15)7-6-11-3-5-14(16)21-11/h2-5,8-9H,6-7H2,1H3. The quantitative estimate of drug-likeness (QED) is 0.484. The van der Waals surface area contributed by atoms with E-state index in [2.05, 4.69) is 37.6 Å². The van der Waals surface area contributed by atoms with E-state index >= 15 is 0 Å². The van der Waals surface area contributed by atoms with Gasteiger partial charge in [-0.1, -0.05) is 11.6 Å². The van der Waals surface area contributed by atoms with E-state index in [-0.39, 0.29) is 5.38 Å². The topological polar surface area (TPSA) is 17.8 Å². The van der Waals surface area contributed by atoms with Crippen molar-refractivity contribution in [1.82, 2.24) is 9.55 Å². The summed E-state index contributed by atoms with van der Waals surface area (Å²) < 4.78 is 3.33. The van der Waals surface area contributed by atoms with Gasteiger partial charge in [-0.3, -0.25) is 0 Å². The second-order valence-corrected chi connectivity index (χ2v) is 8.47. The second kappa shape index (κ2) is 6.29. The van der Waals surface area contributed by atoms with Crippen molar-refractivity contribution in [2.45, 2.75) is 25.3 Å². The van der Waals surface area contributed by atoms with Gasteiger partial charge < -0.3 is 4.57 Å². The van der Waals surface area contributed by atoms with Crippen LogP contribution in [0, 0.1) is 0 Å². The van der Waals surface area contributed by atoms with Gasteiger partial charge in [-0.2, -0.15) is 0 Å². The van der Waals surface area contributed by atoms with Crippen molar-refractivity contribution in [3.63, 3.8) is 0 Å². The maximum atomic E-state index is 6.28. The van der Waals surface area contributed by atoms with Crippen LogP contribution in [0.5, 0.6) is 0 Å². The van der Waals surface area contributed by atoms with Crippen LogP contribution < -0.4 is 0 Å². The lowest BCUT2D eigenvalue weighted by atomic mass is 10.3. The van der Waals surface area contributed by atoms with E-state index < -0.39 is 0 Å². The molecular formula is C15H13BrCl2N2S. The number of nitrogens with zero attached hydrogens (tertiary/aromatic N) is 2. The molecule has 1 unspecified atom stereocenters. The van der Waals surface area contributed by atoms with Gasteiger partial charge in [-0.15, -0.1) is 22.9 Å². The molecule has 0 aliphatic heterocycles. The van der Waals surface area contributed by atoms with E-state index in [0.717, 1.165) is 38.6 Å². The number of fused-ring (bicyclic) bond motifs is 1. The number of aryl methyl sites for hydroxylation is 2. The number of thiophene rings is 1. The van der Waals surface area contributed by atoms with Crippen molar-refractivity contribution >= 4 is 61.5 Å². The predicted molar refractivity (Wildman–Crippen MR) is 94.7 cm³/mol. The first-order chi connectivity index (χ1) is 10.0. The van der Waals surface area contributed by atoms with Crippen molar-refractivity contribution < 1.29 is 0 Å². The molecule has 6 heteroatoms. The Morgan fingerprint density at radius 2 is 2.14 bits per heavy atom. The molecule has 0 radical (unpaired) electrons. The zero-order valence-electron chi connectivity index (χ0n) is 11.3. The van der Waals surface area contributed by atoms with Crippen molar-refractivity contribution in [1.29, 1.82) is 0 Å². The van der Waals surface area contributed by atoms with E-state index in [9.17, 15) is 0 Å². The largest absolute Gasteiger partial charge is 0.326 e. The number of hydrogen-bond acceptors (Lipinski definition) is 2. The second-order valence-electron chi connectivity index (χ2n) is 4.83. The van der Waals surface area contributed by atoms with E-state index in [1.54, 1.807) is 11.3 Å². The van der Waals surface area contributed by atoms with Crippen molar-refractivity contribution in [2.24, 2.45) is 0 Å². The molecule has 0 spiro atoms. The van der Waals surface area contributed by atoms with Crippen molar-refractivity contribution in [2.75, 3.05) is 0 Å². The lowest BCUT2D eigenvalue weighted by Crippen LogP contribution is -2.06. The average molecular weight is 404 g/mol. The molecule has 0 aliphatic rings. The third kappa shape index (κ3) is 3.29. The van der Waals surface area contributed by atoms with Gasteiger partial charge in [0.05, 0.1) is 20.2 Å². The zero-order valence-corrected chi connectivity index (χ0v) is 15.2. The number of imidazole rings is 1. The molecule has 21 heavy (non-hydrogen) atoms. The monoisotopic (exact) mass is 402 g/mol. The minimum atomic E-state index is -0.133. The lowest BCUT2D eigenvalue weighted by Gasteiger charge is -2.10. The highest BCUT2D eigenvalue weighted by molar-refractivity contribution is 9.11. The van der Waals surface area contributed by atoms with Crippen LogP contribution in [0.15, 0.2) is 34.1 Å². The van der Waals surface area contributed by atoms with Gasteiger partial charge in [0.1, 0.15) is 5.82 Å². The molecule has 0 aliphatic carbocycles. The number of benzene rings is 1. The van der Waals surface area contributed by atoms with Crippen LogP contribution in [0.4, 0.5) is 0 Å². The molecule has 0 saturated carbocycles. The Kier molecular flexibility index (Phi) is 4.60. The van der Waals surface area contributed by atoms with Crippen LogP contribution in [0.3, 0.4) is 0 Å². The first-order valence-corrected chi connectivity index (χ1v) is 9.01. The molecule has 2 heterocycles. The highest BCUT2D eigenvalue weighted by Crippen LogP contribution is 2.28. The smallest absolute Gasteiger partial charge is 0.127 e. The predicted octanol–water partition coefficient (Wildman–Crippen LogP) is 6.06. The van der Waals surface area contributed by atoms with Crippen LogP contribution in [0.1, 0.15) is 23.0 Å². The molecular weight excluding hydrogens is 391 g/mol. The Morgan fingerprint density at radius 3 is 2.81 bits per heavy atom. The van der Waals surface area contributed by atoms with Crippen LogP contribution in [-0.4, -0.2) is 9.55 Å². The number of rotatable bonds is 4. The Bertz CT molecular complexity index is 779. The minimum Gasteiger partial charge on any atom is -0.326 e. The van der Waals surface area contributed by atoms with Gasteiger partial charge in [-0.25, -0.2) is 4.98 Å². The van der Waals surface area contributed by atoms with Crippen molar-refractivity contribution in [3.8, 4) is 0 Å². The SMILES string of the molecule is CC(Cl)c1nc2ccc(Cl)cc2n1CCc1ccc(Br)s1. The minimum absolute atomic E-state index is 0.133. The molecule has 0 saturated heterocycles. The summed E-state index contributed by atoms with van der Waals surface area (Å²) >= 11 is 17.7. The Hall–Kier alpha value is -0.550. The summed E-state index contributed by atoms with van der Waals surface area (Å²) in [5.74, 6) is 0.893. The zero-order chi connectivity index (χ0) is 15.0. The first kappa shape index (κ1) is 15.3. The summed E-state index contributed by atoms with van der Waals surface area (Å²) in [4.78, 5) is 5.97. The van der Waals surface area contributed by atoms with Crippen LogP contribution in [0.25, 0.3) is 11.0 Å². The molecule has 1 aromatic carbocycles. The molecule has 2 aromatic heterocycles. The first-order valence-electron chi connectivity index (χ1n) is 6.58. The summed E-state index contributed by atoms with van der Waals surface area (Å²) in [6.45, 7) is 2.79. The summed E-state index contributed by atoms with van der Waals surface area (Å²) in [5, 5.41) is 0.586. The van der Waals surface area contributed by atoms with Crippen LogP contribution in [0.2, 0.25) is 5.02 Å². The number of aromatic nitrogens is 2. The molecule has 110 valence electrons. The van der Waals surface area contributed by atoms with Gasteiger partial charge in [0.25, 0.3) is 0 Å². The molecule has 1 atom stereocenters. The third-order valence-corrected chi connectivity index (χ3v) is 5.42. The summed E-state index contributed by atoms with van der Waals surface area (Å²) in [6.07, 6.45) is 0.949. The van der Waals surface area contributed by atoms with Crippen molar-refractivity contribution in [3.05, 3.63) is 49.8 Å². The van der Waals surface area contributed by atoms with E-state index in [4.69, 9.17) is 23.2 Å². The molecule has 3 rings (SSSR count). The average Bonchev–Trinajstić information content (AvgIpc) is 3.00. The van der Waals surface area contributed by atoms with E-state index in [1.807, 2.05) is 25.1 Å². The number of halogens is 3. The summed E-state index contributed by atoms with van der Waals surface area (Å²) in [7, 11) is 0. The fraction of sp³-hybridized carbons (Fsp3) is 0.267. The summed E-state index contributed by atoms with van der Waals surface area (Å²) in [6, 6.07) is 9.98. The molecule has 0 bridgehead atoms. The molecule has 0 N–H and O–H groups in total. The Labute approximate surface area is 145 Å². The highest BCUT2D eigenvalue weighted by Gasteiger charge is 2.15. The maximum absolute atomic E-state index is 6.28. The van der Waals surface area contributed by atoms with Gasteiger partial charge >= 0.3 is 0 Å². The number of hydrogen-bond donors (Lipinski definition) is 0. The number of alkyl halides is 1. The van der Waals surface area contributed by atoms with Crippen LogP contribution >= 0.6 is 50.5 Å². The van der Waals surface area contributed by atoms with Gasteiger partial charge in [0.2, 0.25) is 0 Å². The summed E-state index contributed by atoms with van der Waals surface area (Å²) in [5.41, 5.74) is 1.98. The maximum Gasteiger partial charge on any atom is 0.127 e. The fourth-order valence-corrected chi connectivity index (χ4v) is 4.17. The Balaban J connectivity index is 1.98. The molecule has 0 fully saturated rings. The Morgan fingerprint density at radius 1 is 1.33 bits per heavy atom.